The Morgan fingerprint density at radius 2 is 1.76 bits per heavy atom. The Morgan fingerprint density at radius 3 is 2.38 bits per heavy atom. The fourth-order valence-electron chi connectivity index (χ4n) is 2.09. The Kier molecular flexibility index (Phi) is 3.66. The summed E-state index contributed by atoms with van der Waals surface area (Å²) in [5.41, 5.74) is 5.01. The summed E-state index contributed by atoms with van der Waals surface area (Å²) in [6, 6.07) is 19.8. The lowest BCUT2D eigenvalue weighted by Crippen LogP contribution is -1.99. The molecule has 0 aliphatic heterocycles. The molecule has 0 radical (unpaired) electrons. The van der Waals surface area contributed by atoms with Crippen LogP contribution in [0.25, 0.3) is 11.3 Å². The standard InChI is InChI=1S/C17H14N4/c18-11-13-3-7-16(8-4-13)19-12-14-1-5-15(6-2-14)17-9-10-20-21-17/h1-10,19H,12H2,(H,20,21). The number of benzene rings is 2. The van der Waals surface area contributed by atoms with Crippen LogP contribution < -0.4 is 5.32 Å². The number of anilines is 1. The molecule has 3 aromatic rings. The molecule has 102 valence electrons. The molecule has 21 heavy (non-hydrogen) atoms. The van der Waals surface area contributed by atoms with Crippen LogP contribution in [-0.2, 0) is 6.54 Å². The molecular formula is C17H14N4. The zero-order chi connectivity index (χ0) is 14.5. The molecule has 0 fully saturated rings. The highest BCUT2D eigenvalue weighted by atomic mass is 15.1. The van der Waals surface area contributed by atoms with Gasteiger partial charge in [0.2, 0.25) is 0 Å². The Balaban J connectivity index is 1.64. The fourth-order valence-corrected chi connectivity index (χ4v) is 2.09. The van der Waals surface area contributed by atoms with E-state index in [1.165, 1.54) is 5.56 Å². The van der Waals surface area contributed by atoms with Gasteiger partial charge in [0.1, 0.15) is 0 Å². The number of aromatic nitrogens is 2. The Morgan fingerprint density at radius 1 is 1.00 bits per heavy atom. The SMILES string of the molecule is N#Cc1ccc(NCc2ccc(-c3ccn[nH]3)cc2)cc1. The minimum absolute atomic E-state index is 0.671. The molecule has 0 saturated heterocycles. The van der Waals surface area contributed by atoms with Crippen LogP contribution >= 0.6 is 0 Å². The van der Waals surface area contributed by atoms with Gasteiger partial charge < -0.3 is 5.32 Å². The average molecular weight is 274 g/mol. The molecular weight excluding hydrogens is 260 g/mol. The summed E-state index contributed by atoms with van der Waals surface area (Å²) in [5.74, 6) is 0. The van der Waals surface area contributed by atoms with E-state index in [0.717, 1.165) is 23.5 Å². The van der Waals surface area contributed by atoms with E-state index in [9.17, 15) is 0 Å². The highest BCUT2D eigenvalue weighted by Crippen LogP contribution is 2.17. The second-order valence-electron chi connectivity index (χ2n) is 4.71. The Bertz CT molecular complexity index is 735. The minimum Gasteiger partial charge on any atom is -0.381 e. The first-order valence-corrected chi connectivity index (χ1v) is 6.68. The van der Waals surface area contributed by atoms with Gasteiger partial charge in [-0.2, -0.15) is 10.4 Å². The topological polar surface area (TPSA) is 64.5 Å². The van der Waals surface area contributed by atoms with E-state index in [2.05, 4.69) is 45.8 Å². The summed E-state index contributed by atoms with van der Waals surface area (Å²) < 4.78 is 0. The van der Waals surface area contributed by atoms with E-state index in [1.54, 1.807) is 6.20 Å². The van der Waals surface area contributed by atoms with Gasteiger partial charge in [-0.1, -0.05) is 24.3 Å². The molecule has 1 heterocycles. The molecule has 0 amide bonds. The fraction of sp³-hybridized carbons (Fsp3) is 0.0588. The number of hydrogen-bond donors (Lipinski definition) is 2. The monoisotopic (exact) mass is 274 g/mol. The third-order valence-corrected chi connectivity index (χ3v) is 3.28. The van der Waals surface area contributed by atoms with Crippen LogP contribution in [0.5, 0.6) is 0 Å². The van der Waals surface area contributed by atoms with Crippen molar-refractivity contribution in [3.8, 4) is 17.3 Å². The smallest absolute Gasteiger partial charge is 0.0991 e. The second-order valence-corrected chi connectivity index (χ2v) is 4.71. The molecule has 4 nitrogen and oxygen atoms in total. The lowest BCUT2D eigenvalue weighted by atomic mass is 10.1. The molecule has 0 atom stereocenters. The van der Waals surface area contributed by atoms with E-state index in [-0.39, 0.29) is 0 Å². The third-order valence-electron chi connectivity index (χ3n) is 3.28. The number of nitrogens with one attached hydrogen (secondary N) is 2. The summed E-state index contributed by atoms with van der Waals surface area (Å²) in [5, 5.41) is 19.0. The number of nitrogens with zero attached hydrogens (tertiary/aromatic N) is 2. The van der Waals surface area contributed by atoms with Crippen LogP contribution in [0.2, 0.25) is 0 Å². The van der Waals surface area contributed by atoms with Crippen molar-refractivity contribution in [2.75, 3.05) is 5.32 Å². The molecule has 0 aliphatic rings. The summed E-state index contributed by atoms with van der Waals surface area (Å²) >= 11 is 0. The Hall–Kier alpha value is -3.06. The molecule has 2 aromatic carbocycles. The normalized spacial score (nSPS) is 10.0. The van der Waals surface area contributed by atoms with Crippen molar-refractivity contribution in [3.05, 3.63) is 71.9 Å². The number of hydrogen-bond acceptors (Lipinski definition) is 3. The molecule has 0 unspecified atom stereocenters. The number of nitriles is 1. The van der Waals surface area contributed by atoms with Gasteiger partial charge >= 0.3 is 0 Å². The van der Waals surface area contributed by atoms with E-state index < -0.39 is 0 Å². The average Bonchev–Trinajstić information content (AvgIpc) is 3.08. The van der Waals surface area contributed by atoms with Crippen LogP contribution in [0.15, 0.2) is 60.8 Å². The number of aromatic amines is 1. The quantitative estimate of drug-likeness (QED) is 0.764. The molecule has 0 aliphatic carbocycles. The third kappa shape index (κ3) is 3.10. The predicted molar refractivity (Wildman–Crippen MR) is 82.5 cm³/mol. The van der Waals surface area contributed by atoms with Crippen LogP contribution in [0.3, 0.4) is 0 Å². The molecule has 0 saturated carbocycles. The van der Waals surface area contributed by atoms with Crippen molar-refractivity contribution in [1.29, 1.82) is 5.26 Å². The molecule has 3 rings (SSSR count). The van der Waals surface area contributed by atoms with E-state index in [0.29, 0.717) is 5.56 Å². The van der Waals surface area contributed by atoms with Crippen LogP contribution in [0.1, 0.15) is 11.1 Å². The molecule has 1 aromatic heterocycles. The van der Waals surface area contributed by atoms with Crippen molar-refractivity contribution < 1.29 is 0 Å². The maximum absolute atomic E-state index is 8.76. The van der Waals surface area contributed by atoms with E-state index in [4.69, 9.17) is 5.26 Å². The number of rotatable bonds is 4. The predicted octanol–water partition coefficient (Wildman–Crippen LogP) is 3.56. The van der Waals surface area contributed by atoms with Crippen molar-refractivity contribution in [2.24, 2.45) is 0 Å². The van der Waals surface area contributed by atoms with Crippen molar-refractivity contribution in [3.63, 3.8) is 0 Å². The van der Waals surface area contributed by atoms with Crippen LogP contribution in [0.4, 0.5) is 5.69 Å². The van der Waals surface area contributed by atoms with E-state index >= 15 is 0 Å². The number of H-pyrrole nitrogens is 1. The zero-order valence-corrected chi connectivity index (χ0v) is 11.4. The summed E-state index contributed by atoms with van der Waals surface area (Å²) in [4.78, 5) is 0. The molecule has 0 spiro atoms. The first kappa shape index (κ1) is 12.9. The van der Waals surface area contributed by atoms with Gasteiger partial charge in [-0.05, 0) is 41.5 Å². The van der Waals surface area contributed by atoms with Gasteiger partial charge in [0, 0.05) is 18.4 Å². The summed E-state index contributed by atoms with van der Waals surface area (Å²) in [6.07, 6.45) is 1.75. The highest BCUT2D eigenvalue weighted by molar-refractivity contribution is 5.59. The van der Waals surface area contributed by atoms with Crippen LogP contribution in [-0.4, -0.2) is 10.2 Å². The van der Waals surface area contributed by atoms with Gasteiger partial charge in [0.25, 0.3) is 0 Å². The van der Waals surface area contributed by atoms with Crippen molar-refractivity contribution >= 4 is 5.69 Å². The maximum atomic E-state index is 8.76. The van der Waals surface area contributed by atoms with Gasteiger partial charge in [0.15, 0.2) is 0 Å². The first-order valence-electron chi connectivity index (χ1n) is 6.68. The van der Waals surface area contributed by atoms with Crippen molar-refractivity contribution in [2.45, 2.75) is 6.54 Å². The van der Waals surface area contributed by atoms with E-state index in [1.807, 2.05) is 30.3 Å². The van der Waals surface area contributed by atoms with Gasteiger partial charge in [-0.15, -0.1) is 0 Å². The molecule has 4 heteroatoms. The first-order chi connectivity index (χ1) is 10.3. The van der Waals surface area contributed by atoms with Gasteiger partial charge in [-0.3, -0.25) is 5.10 Å². The second kappa shape index (κ2) is 5.93. The van der Waals surface area contributed by atoms with Crippen LogP contribution in [0, 0.1) is 11.3 Å². The van der Waals surface area contributed by atoms with Crippen molar-refractivity contribution in [1.82, 2.24) is 10.2 Å². The zero-order valence-electron chi connectivity index (χ0n) is 11.4. The lowest BCUT2D eigenvalue weighted by molar-refractivity contribution is 1.09. The lowest BCUT2D eigenvalue weighted by Gasteiger charge is -2.07. The largest absolute Gasteiger partial charge is 0.381 e. The van der Waals surface area contributed by atoms with Gasteiger partial charge in [-0.25, -0.2) is 0 Å². The Labute approximate surface area is 123 Å². The highest BCUT2D eigenvalue weighted by Gasteiger charge is 1.99. The van der Waals surface area contributed by atoms with Gasteiger partial charge in [0.05, 0.1) is 17.3 Å². The summed E-state index contributed by atoms with van der Waals surface area (Å²) in [7, 11) is 0. The molecule has 2 N–H and O–H groups in total. The summed E-state index contributed by atoms with van der Waals surface area (Å²) in [6.45, 7) is 0.745. The maximum Gasteiger partial charge on any atom is 0.0991 e. The minimum atomic E-state index is 0.671. The molecule has 0 bridgehead atoms.